The number of benzene rings is 1. The van der Waals surface area contributed by atoms with Crippen LogP contribution < -0.4 is 11.5 Å². The lowest BCUT2D eigenvalue weighted by Crippen LogP contribution is -2.17. The quantitative estimate of drug-likeness (QED) is 0.224. The number of aliphatic hydroxyl groups is 1. The fourth-order valence-electron chi connectivity index (χ4n) is 1.71. The van der Waals surface area contributed by atoms with Gasteiger partial charge in [-0.2, -0.15) is 11.8 Å². The van der Waals surface area contributed by atoms with Crippen molar-refractivity contribution < 1.29 is 5.11 Å². The van der Waals surface area contributed by atoms with Crippen molar-refractivity contribution in [1.29, 1.82) is 16.2 Å². The highest BCUT2D eigenvalue weighted by molar-refractivity contribution is 8.27. The Labute approximate surface area is 160 Å². The van der Waals surface area contributed by atoms with Crippen molar-refractivity contribution in [2.45, 2.75) is 19.1 Å². The molecule has 0 spiro atoms. The molecule has 10 heteroatoms. The van der Waals surface area contributed by atoms with Gasteiger partial charge in [-0.3, -0.25) is 16.2 Å². The lowest BCUT2D eigenvalue weighted by atomic mass is 10.1. The zero-order valence-electron chi connectivity index (χ0n) is 13.6. The Morgan fingerprint density at radius 2 is 1.76 bits per heavy atom. The van der Waals surface area contributed by atoms with E-state index in [9.17, 15) is 5.11 Å². The molecule has 1 aromatic rings. The fraction of sp³-hybridized carbons (Fsp3) is 0.333. The molecule has 0 aliphatic carbocycles. The van der Waals surface area contributed by atoms with Gasteiger partial charge in [-0.05, 0) is 34.8 Å². The average Bonchev–Trinajstić information content (AvgIpc) is 2.51. The van der Waals surface area contributed by atoms with Crippen LogP contribution in [0.5, 0.6) is 0 Å². The summed E-state index contributed by atoms with van der Waals surface area (Å²) in [5, 5.41) is 33.2. The monoisotopic (exact) mass is 398 g/mol. The second-order valence-electron chi connectivity index (χ2n) is 4.85. The first-order valence-corrected chi connectivity index (χ1v) is 10.1. The first-order valence-electron chi connectivity index (χ1n) is 7.34. The maximum absolute atomic E-state index is 9.92. The lowest BCUT2D eigenvalue weighted by molar-refractivity contribution is 0.185. The molecule has 0 amide bonds. The van der Waals surface area contributed by atoms with Crippen LogP contribution in [-0.4, -0.2) is 43.3 Å². The van der Waals surface area contributed by atoms with E-state index in [2.05, 4.69) is 4.99 Å². The topological polar surface area (TPSA) is 156 Å². The number of thioether (sulfide) groups is 3. The van der Waals surface area contributed by atoms with Gasteiger partial charge in [0.15, 0.2) is 16.6 Å². The summed E-state index contributed by atoms with van der Waals surface area (Å²) in [6.45, 7) is 0. The van der Waals surface area contributed by atoms with E-state index in [1.54, 1.807) is 0 Å². The Kier molecular flexibility index (Phi) is 10.3. The number of aliphatic hydroxyl groups excluding tert-OH is 1. The number of aliphatic imine (C=N–C) groups is 1. The number of rotatable bonds is 8. The van der Waals surface area contributed by atoms with E-state index in [0.29, 0.717) is 34.4 Å². The van der Waals surface area contributed by atoms with Gasteiger partial charge in [-0.1, -0.05) is 30.3 Å². The van der Waals surface area contributed by atoms with Gasteiger partial charge in [-0.25, -0.2) is 4.99 Å². The summed E-state index contributed by atoms with van der Waals surface area (Å²) in [5.41, 5.74) is 11.9. The molecule has 0 aromatic heterocycles. The zero-order valence-corrected chi connectivity index (χ0v) is 16.0. The van der Waals surface area contributed by atoms with Crippen LogP contribution in [-0.2, 0) is 6.42 Å². The third-order valence-corrected chi connectivity index (χ3v) is 5.25. The molecule has 0 saturated carbocycles. The third-order valence-electron chi connectivity index (χ3n) is 2.70. The second-order valence-corrected chi connectivity index (χ2v) is 8.21. The molecule has 0 aliphatic heterocycles. The van der Waals surface area contributed by atoms with Gasteiger partial charge in [0.05, 0.1) is 10.1 Å². The molecule has 0 heterocycles. The maximum Gasteiger partial charge on any atom is 0.162 e. The largest absolute Gasteiger partial charge is 0.378 e. The van der Waals surface area contributed by atoms with Crippen molar-refractivity contribution >= 4 is 55.7 Å². The minimum absolute atomic E-state index is 0.0908. The van der Waals surface area contributed by atoms with Crippen LogP contribution in [0.1, 0.15) is 12.0 Å². The normalized spacial score (nSPS) is 12.6. The molecule has 136 valence electrons. The fourth-order valence-corrected chi connectivity index (χ4v) is 3.90. The minimum Gasteiger partial charge on any atom is -0.378 e. The summed E-state index contributed by atoms with van der Waals surface area (Å²) in [6, 6.07) is 9.51. The molecule has 1 rings (SSSR count). The van der Waals surface area contributed by atoms with Crippen LogP contribution in [0, 0.1) is 16.2 Å². The summed E-state index contributed by atoms with van der Waals surface area (Å²) >= 11 is 3.45. The summed E-state index contributed by atoms with van der Waals surface area (Å²) in [4.78, 5) is 3.99. The van der Waals surface area contributed by atoms with Gasteiger partial charge in [-0.15, -0.1) is 0 Å². The van der Waals surface area contributed by atoms with Crippen molar-refractivity contribution in [2.24, 2.45) is 16.5 Å². The SMILES string of the molecule is N=C(N)SC(=N)CSCCC(=N)SC(N)=NC(O)Cc1ccccc1. The van der Waals surface area contributed by atoms with E-state index in [-0.39, 0.29) is 10.3 Å². The molecule has 1 aromatic carbocycles. The summed E-state index contributed by atoms with van der Waals surface area (Å²) in [7, 11) is 0. The van der Waals surface area contributed by atoms with Crippen LogP contribution in [0.25, 0.3) is 0 Å². The first-order chi connectivity index (χ1) is 11.9. The molecule has 1 atom stereocenters. The predicted molar refractivity (Wildman–Crippen MR) is 112 cm³/mol. The van der Waals surface area contributed by atoms with Crippen LogP contribution in [0.4, 0.5) is 0 Å². The minimum atomic E-state index is -0.929. The van der Waals surface area contributed by atoms with Gasteiger partial charge in [0, 0.05) is 18.6 Å². The Bertz CT molecular complexity index is 623. The molecule has 25 heavy (non-hydrogen) atoms. The Morgan fingerprint density at radius 1 is 1.08 bits per heavy atom. The van der Waals surface area contributed by atoms with Gasteiger partial charge >= 0.3 is 0 Å². The lowest BCUT2D eigenvalue weighted by Gasteiger charge is -2.08. The molecule has 0 radical (unpaired) electrons. The summed E-state index contributed by atoms with van der Waals surface area (Å²) < 4.78 is 0. The number of nitrogens with two attached hydrogens (primary N) is 2. The number of nitrogens with one attached hydrogen (secondary N) is 3. The number of hydrogen-bond acceptors (Lipinski definition) is 8. The summed E-state index contributed by atoms with van der Waals surface area (Å²) in [5.74, 6) is 1.12. The Morgan fingerprint density at radius 3 is 2.40 bits per heavy atom. The standard InChI is InChI=1S/C15H22N6OS3/c16-11(6-7-23-9-12(17)24-14(18)19)25-15(20)21-13(22)8-10-4-2-1-3-5-10/h1-5,13,16-17,22H,6-9H2,(H3,18,19)(H2,20,21). The van der Waals surface area contributed by atoms with Gasteiger partial charge in [0.25, 0.3) is 0 Å². The van der Waals surface area contributed by atoms with Crippen molar-refractivity contribution in [1.82, 2.24) is 0 Å². The van der Waals surface area contributed by atoms with E-state index in [1.165, 1.54) is 11.8 Å². The number of nitrogens with zero attached hydrogens (tertiary/aromatic N) is 1. The molecule has 0 saturated heterocycles. The number of amidine groups is 2. The highest BCUT2D eigenvalue weighted by atomic mass is 32.2. The zero-order chi connectivity index (χ0) is 18.7. The van der Waals surface area contributed by atoms with Crippen molar-refractivity contribution in [3.63, 3.8) is 0 Å². The molecule has 7 nitrogen and oxygen atoms in total. The smallest absolute Gasteiger partial charge is 0.162 e. The predicted octanol–water partition coefficient (Wildman–Crippen LogP) is 2.30. The molecule has 0 fully saturated rings. The van der Waals surface area contributed by atoms with Crippen molar-refractivity contribution in [3.8, 4) is 0 Å². The van der Waals surface area contributed by atoms with E-state index in [0.717, 1.165) is 29.1 Å². The van der Waals surface area contributed by atoms with Gasteiger partial charge in [0.2, 0.25) is 0 Å². The maximum atomic E-state index is 9.92. The van der Waals surface area contributed by atoms with Crippen LogP contribution in [0.3, 0.4) is 0 Å². The van der Waals surface area contributed by atoms with Crippen LogP contribution >= 0.6 is 35.3 Å². The molecule has 0 aliphatic rings. The highest BCUT2D eigenvalue weighted by Gasteiger charge is 2.08. The van der Waals surface area contributed by atoms with Gasteiger partial charge < -0.3 is 16.6 Å². The average molecular weight is 399 g/mol. The molecule has 1 unspecified atom stereocenters. The van der Waals surface area contributed by atoms with E-state index < -0.39 is 6.23 Å². The van der Waals surface area contributed by atoms with E-state index in [4.69, 9.17) is 27.7 Å². The third kappa shape index (κ3) is 10.9. The molecular weight excluding hydrogens is 376 g/mol. The highest BCUT2D eigenvalue weighted by Crippen LogP contribution is 2.14. The van der Waals surface area contributed by atoms with Crippen molar-refractivity contribution in [3.05, 3.63) is 35.9 Å². The van der Waals surface area contributed by atoms with E-state index >= 15 is 0 Å². The van der Waals surface area contributed by atoms with E-state index in [1.807, 2.05) is 30.3 Å². The Balaban J connectivity index is 2.26. The van der Waals surface area contributed by atoms with Crippen LogP contribution in [0.2, 0.25) is 0 Å². The van der Waals surface area contributed by atoms with Crippen LogP contribution in [0.15, 0.2) is 35.3 Å². The first kappa shape index (κ1) is 21.6. The molecular formula is C15H22N6OS3. The van der Waals surface area contributed by atoms with Crippen molar-refractivity contribution in [2.75, 3.05) is 11.5 Å². The molecule has 8 N–H and O–H groups in total. The number of hydrogen-bond donors (Lipinski definition) is 6. The Hall–Kier alpha value is -1.49. The summed E-state index contributed by atoms with van der Waals surface area (Å²) in [6.07, 6.45) is -0.0549. The van der Waals surface area contributed by atoms with Gasteiger partial charge in [0.1, 0.15) is 0 Å². The second kappa shape index (κ2) is 12.0. The molecule has 0 bridgehead atoms.